The zero-order valence-electron chi connectivity index (χ0n) is 12.8. The van der Waals surface area contributed by atoms with Gasteiger partial charge in [0.1, 0.15) is 6.21 Å². The molecule has 2 unspecified atom stereocenters. The Morgan fingerprint density at radius 3 is 1.88 bits per heavy atom. The molecule has 0 fully saturated rings. The van der Waals surface area contributed by atoms with Gasteiger partial charge >= 0.3 is 0 Å². The zero-order valence-corrected chi connectivity index (χ0v) is 12.8. The summed E-state index contributed by atoms with van der Waals surface area (Å²) in [7, 11) is 0. The van der Waals surface area contributed by atoms with E-state index in [-0.39, 0.29) is 16.5 Å². The van der Waals surface area contributed by atoms with Gasteiger partial charge in [-0.25, -0.2) is 4.58 Å². The second kappa shape index (κ2) is 4.12. The lowest BCUT2D eigenvalue weighted by Crippen LogP contribution is -2.61. The van der Waals surface area contributed by atoms with E-state index >= 15 is 0 Å². The molecule has 1 aliphatic rings. The minimum Gasteiger partial charge on any atom is -0.226 e. The average Bonchev–Trinajstić information content (AvgIpc) is 2.24. The van der Waals surface area contributed by atoms with Gasteiger partial charge in [-0.05, 0) is 47.6 Å². The summed E-state index contributed by atoms with van der Waals surface area (Å²) in [5, 5.41) is 0. The molecule has 1 heteroatoms. The first-order valence-corrected chi connectivity index (χ1v) is 6.56. The van der Waals surface area contributed by atoms with Crippen molar-refractivity contribution in [2.45, 2.75) is 66.5 Å². The molecule has 0 amide bonds. The SMILES string of the molecule is CC=[N+](C(C)(C)C)C1(C)C=CC1(C)/C(C)=C/C. The third-order valence-corrected chi connectivity index (χ3v) is 4.53. The van der Waals surface area contributed by atoms with Gasteiger partial charge < -0.3 is 0 Å². The van der Waals surface area contributed by atoms with Crippen LogP contribution in [0.1, 0.15) is 55.4 Å². The lowest BCUT2D eigenvalue weighted by Gasteiger charge is -2.49. The van der Waals surface area contributed by atoms with Crippen molar-refractivity contribution in [2.24, 2.45) is 5.41 Å². The summed E-state index contributed by atoms with van der Waals surface area (Å²) in [6, 6.07) is 0. The van der Waals surface area contributed by atoms with Crippen LogP contribution in [0.2, 0.25) is 0 Å². The fourth-order valence-electron chi connectivity index (χ4n) is 3.09. The fourth-order valence-corrected chi connectivity index (χ4v) is 3.09. The van der Waals surface area contributed by atoms with E-state index in [0.717, 1.165) is 0 Å². The van der Waals surface area contributed by atoms with E-state index in [0.29, 0.717) is 0 Å². The molecule has 0 bridgehead atoms. The Balaban J connectivity index is 3.29. The number of rotatable bonds is 2. The molecule has 2 atom stereocenters. The van der Waals surface area contributed by atoms with Gasteiger partial charge in [0.15, 0.2) is 11.1 Å². The van der Waals surface area contributed by atoms with Crippen molar-refractivity contribution < 1.29 is 4.58 Å². The molecule has 0 aromatic rings. The Kier molecular flexibility index (Phi) is 3.44. The summed E-state index contributed by atoms with van der Waals surface area (Å²) in [5.41, 5.74) is 1.81. The highest BCUT2D eigenvalue weighted by molar-refractivity contribution is 5.49. The highest BCUT2D eigenvalue weighted by Crippen LogP contribution is 2.51. The van der Waals surface area contributed by atoms with Crippen LogP contribution < -0.4 is 0 Å². The Morgan fingerprint density at radius 1 is 1.12 bits per heavy atom. The second-order valence-corrected chi connectivity index (χ2v) is 6.45. The maximum Gasteiger partial charge on any atom is 0.190 e. The van der Waals surface area contributed by atoms with Crippen molar-refractivity contribution in [3.05, 3.63) is 23.8 Å². The third kappa shape index (κ3) is 1.90. The number of hydrogen-bond acceptors (Lipinski definition) is 0. The zero-order chi connectivity index (χ0) is 13.5. The van der Waals surface area contributed by atoms with Gasteiger partial charge in [0.05, 0.1) is 5.41 Å². The molecule has 0 aromatic carbocycles. The lowest BCUT2D eigenvalue weighted by atomic mass is 9.58. The molecule has 0 aliphatic heterocycles. The predicted octanol–water partition coefficient (Wildman–Crippen LogP) is 4.19. The van der Waals surface area contributed by atoms with Crippen LogP contribution in [0.3, 0.4) is 0 Å². The molecule has 0 heterocycles. The van der Waals surface area contributed by atoms with Crippen molar-refractivity contribution in [3.63, 3.8) is 0 Å². The topological polar surface area (TPSA) is 3.01 Å². The van der Waals surface area contributed by atoms with Crippen LogP contribution >= 0.6 is 0 Å². The second-order valence-electron chi connectivity index (χ2n) is 6.45. The molecule has 0 radical (unpaired) electrons. The maximum absolute atomic E-state index is 2.48. The molecule has 0 saturated heterocycles. The minimum atomic E-state index is 0.0800. The molecule has 1 rings (SSSR count). The standard InChI is InChI=1S/C16H28N/c1-9-13(3)15(7)11-12-16(15,8)17(10-2)14(4,5)6/h9-12H,1-8H3/q+1/b13-9+,17-10?. The number of allylic oxidation sites excluding steroid dienone is 1. The molecule has 0 saturated carbocycles. The van der Waals surface area contributed by atoms with E-state index in [2.05, 4.69) is 84.4 Å². The molecule has 1 aliphatic carbocycles. The van der Waals surface area contributed by atoms with Crippen LogP contribution in [0.5, 0.6) is 0 Å². The van der Waals surface area contributed by atoms with Crippen LogP contribution in [0.25, 0.3) is 0 Å². The third-order valence-electron chi connectivity index (χ3n) is 4.53. The molecule has 17 heavy (non-hydrogen) atoms. The summed E-state index contributed by atoms with van der Waals surface area (Å²) in [6.07, 6.45) is 9.14. The van der Waals surface area contributed by atoms with Gasteiger partial charge in [-0.15, -0.1) is 0 Å². The summed E-state index contributed by atoms with van der Waals surface area (Å²) in [6.45, 7) is 18.0. The monoisotopic (exact) mass is 234 g/mol. The maximum atomic E-state index is 2.48. The molecular weight excluding hydrogens is 206 g/mol. The van der Waals surface area contributed by atoms with Gasteiger partial charge in [-0.2, -0.15) is 0 Å². The fraction of sp³-hybridized carbons (Fsp3) is 0.688. The summed E-state index contributed by atoms with van der Waals surface area (Å²) >= 11 is 0. The highest BCUT2D eigenvalue weighted by Gasteiger charge is 2.58. The number of nitrogens with zero attached hydrogens (tertiary/aromatic N) is 1. The van der Waals surface area contributed by atoms with Crippen LogP contribution in [0.4, 0.5) is 0 Å². The van der Waals surface area contributed by atoms with Gasteiger partial charge in [-0.1, -0.05) is 17.7 Å². The van der Waals surface area contributed by atoms with E-state index in [4.69, 9.17) is 0 Å². The molecule has 1 nitrogen and oxygen atoms in total. The first-order chi connectivity index (χ1) is 7.63. The Labute approximate surface area is 107 Å². The largest absolute Gasteiger partial charge is 0.226 e. The van der Waals surface area contributed by atoms with Crippen LogP contribution in [0, 0.1) is 5.41 Å². The molecule has 0 N–H and O–H groups in total. The van der Waals surface area contributed by atoms with Crippen LogP contribution in [-0.2, 0) is 0 Å². The van der Waals surface area contributed by atoms with Gasteiger partial charge in [0, 0.05) is 13.8 Å². The van der Waals surface area contributed by atoms with Gasteiger partial charge in [0.2, 0.25) is 0 Å². The molecule has 0 spiro atoms. The average molecular weight is 234 g/mol. The summed E-state index contributed by atoms with van der Waals surface area (Å²) in [4.78, 5) is 0. The van der Waals surface area contributed by atoms with Gasteiger partial charge in [-0.3, -0.25) is 0 Å². The van der Waals surface area contributed by atoms with E-state index in [1.807, 2.05) is 0 Å². The van der Waals surface area contributed by atoms with Crippen molar-refractivity contribution in [3.8, 4) is 0 Å². The molecule has 0 aromatic heterocycles. The van der Waals surface area contributed by atoms with Crippen molar-refractivity contribution in [1.29, 1.82) is 0 Å². The number of hydrogen-bond donors (Lipinski definition) is 0. The molecular formula is C16H28N+. The first kappa shape index (κ1) is 14.2. The first-order valence-electron chi connectivity index (χ1n) is 6.56. The summed E-state index contributed by atoms with van der Waals surface area (Å²) < 4.78 is 2.48. The van der Waals surface area contributed by atoms with E-state index < -0.39 is 0 Å². The van der Waals surface area contributed by atoms with E-state index in [1.54, 1.807) is 0 Å². The predicted molar refractivity (Wildman–Crippen MR) is 76.8 cm³/mol. The molecule has 96 valence electrons. The van der Waals surface area contributed by atoms with Gasteiger partial charge in [0.25, 0.3) is 0 Å². The smallest absolute Gasteiger partial charge is 0.190 e. The summed E-state index contributed by atoms with van der Waals surface area (Å²) in [5.74, 6) is 0. The quantitative estimate of drug-likeness (QED) is 0.383. The van der Waals surface area contributed by atoms with E-state index in [9.17, 15) is 0 Å². The Hall–Kier alpha value is -0.850. The highest BCUT2D eigenvalue weighted by atomic mass is 15.2. The minimum absolute atomic E-state index is 0.0800. The Morgan fingerprint density at radius 2 is 1.65 bits per heavy atom. The normalized spacial score (nSPS) is 34.8. The van der Waals surface area contributed by atoms with Crippen LogP contribution in [-0.4, -0.2) is 21.9 Å². The van der Waals surface area contributed by atoms with Crippen molar-refractivity contribution in [2.75, 3.05) is 0 Å². The van der Waals surface area contributed by atoms with Crippen LogP contribution in [0.15, 0.2) is 23.8 Å². The Bertz CT molecular complexity index is 392. The lowest BCUT2D eigenvalue weighted by molar-refractivity contribution is -0.664. The van der Waals surface area contributed by atoms with E-state index in [1.165, 1.54) is 5.57 Å². The van der Waals surface area contributed by atoms with Crippen molar-refractivity contribution >= 4 is 6.21 Å². The van der Waals surface area contributed by atoms with Crippen molar-refractivity contribution in [1.82, 2.24) is 0 Å².